The summed E-state index contributed by atoms with van der Waals surface area (Å²) in [6.07, 6.45) is 10.7. The maximum absolute atomic E-state index is 2.47. The quantitative estimate of drug-likeness (QED) is 0.497. The molecule has 2 aliphatic carbocycles. The molecule has 2 aliphatic rings. The average molecular weight is 152 g/mol. The van der Waals surface area contributed by atoms with Crippen LogP contribution in [0.4, 0.5) is 0 Å². The molecule has 3 atom stereocenters. The third kappa shape index (κ3) is 1.45. The SMILES string of the molecule is C[C@@H]1CCC[C@@H]2CCCC[C@@H]21. The molecule has 2 saturated carbocycles. The molecule has 0 unspecified atom stereocenters. The largest absolute Gasteiger partial charge is 0.0622 e. The van der Waals surface area contributed by atoms with E-state index < -0.39 is 0 Å². The highest BCUT2D eigenvalue weighted by Crippen LogP contribution is 2.43. The Kier molecular flexibility index (Phi) is 2.20. The summed E-state index contributed by atoms with van der Waals surface area (Å²) in [7, 11) is 0. The highest BCUT2D eigenvalue weighted by Gasteiger charge is 2.31. The molecule has 0 bridgehead atoms. The minimum Gasteiger partial charge on any atom is -0.0622 e. The van der Waals surface area contributed by atoms with E-state index in [1.165, 1.54) is 25.7 Å². The fourth-order valence-electron chi connectivity index (χ4n) is 3.26. The molecule has 0 aromatic carbocycles. The van der Waals surface area contributed by atoms with Gasteiger partial charge in [-0.3, -0.25) is 0 Å². The lowest BCUT2D eigenvalue weighted by molar-refractivity contribution is 0.114. The van der Waals surface area contributed by atoms with Gasteiger partial charge in [-0.25, -0.2) is 0 Å². The molecular formula is C11H20. The van der Waals surface area contributed by atoms with Crippen LogP contribution < -0.4 is 0 Å². The van der Waals surface area contributed by atoms with Gasteiger partial charge in [-0.1, -0.05) is 45.4 Å². The van der Waals surface area contributed by atoms with Crippen molar-refractivity contribution in [2.75, 3.05) is 0 Å². The molecule has 64 valence electrons. The molecule has 0 saturated heterocycles. The van der Waals surface area contributed by atoms with Gasteiger partial charge in [0.1, 0.15) is 0 Å². The van der Waals surface area contributed by atoms with Crippen LogP contribution in [-0.4, -0.2) is 0 Å². The molecular weight excluding hydrogens is 132 g/mol. The van der Waals surface area contributed by atoms with Gasteiger partial charge in [-0.05, 0) is 24.2 Å². The molecule has 0 aromatic rings. The van der Waals surface area contributed by atoms with E-state index in [2.05, 4.69) is 6.92 Å². The summed E-state index contributed by atoms with van der Waals surface area (Å²) in [4.78, 5) is 0. The lowest BCUT2D eigenvalue weighted by atomic mass is 9.66. The van der Waals surface area contributed by atoms with Crippen molar-refractivity contribution in [3.05, 3.63) is 0 Å². The van der Waals surface area contributed by atoms with Gasteiger partial charge in [0.05, 0.1) is 0 Å². The summed E-state index contributed by atoms with van der Waals surface area (Å²) in [5, 5.41) is 0. The number of hydrogen-bond acceptors (Lipinski definition) is 0. The van der Waals surface area contributed by atoms with Crippen LogP contribution in [0.1, 0.15) is 51.9 Å². The topological polar surface area (TPSA) is 0 Å². The second kappa shape index (κ2) is 3.16. The molecule has 0 N–H and O–H groups in total. The molecule has 0 radical (unpaired) electrons. The first-order valence-electron chi connectivity index (χ1n) is 5.38. The molecule has 11 heavy (non-hydrogen) atoms. The lowest BCUT2D eigenvalue weighted by Crippen LogP contribution is -2.29. The molecule has 2 fully saturated rings. The Bertz CT molecular complexity index is 126. The third-order valence-electron chi connectivity index (χ3n) is 3.93. The van der Waals surface area contributed by atoms with Crippen molar-refractivity contribution in [2.24, 2.45) is 17.8 Å². The van der Waals surface area contributed by atoms with Gasteiger partial charge >= 0.3 is 0 Å². The predicted octanol–water partition coefficient (Wildman–Crippen LogP) is 3.61. The maximum Gasteiger partial charge on any atom is -0.0360 e. The van der Waals surface area contributed by atoms with E-state index in [4.69, 9.17) is 0 Å². The van der Waals surface area contributed by atoms with Gasteiger partial charge in [0.15, 0.2) is 0 Å². The predicted molar refractivity (Wildman–Crippen MR) is 48.5 cm³/mol. The summed E-state index contributed by atoms with van der Waals surface area (Å²) in [6.45, 7) is 2.47. The van der Waals surface area contributed by atoms with Crippen molar-refractivity contribution in [1.82, 2.24) is 0 Å². The van der Waals surface area contributed by atoms with Crippen molar-refractivity contribution >= 4 is 0 Å². The van der Waals surface area contributed by atoms with E-state index in [0.29, 0.717) is 0 Å². The second-order valence-corrected chi connectivity index (χ2v) is 4.62. The average Bonchev–Trinajstić information content (AvgIpc) is 2.06. The molecule has 0 aromatic heterocycles. The highest BCUT2D eigenvalue weighted by molar-refractivity contribution is 4.82. The van der Waals surface area contributed by atoms with E-state index in [-0.39, 0.29) is 0 Å². The molecule has 0 heterocycles. The Morgan fingerprint density at radius 3 is 2.36 bits per heavy atom. The first kappa shape index (κ1) is 7.64. The molecule has 0 amide bonds. The van der Waals surface area contributed by atoms with Crippen LogP contribution in [0.2, 0.25) is 0 Å². The van der Waals surface area contributed by atoms with Crippen molar-refractivity contribution in [3.8, 4) is 0 Å². The van der Waals surface area contributed by atoms with Crippen molar-refractivity contribution in [3.63, 3.8) is 0 Å². The van der Waals surface area contributed by atoms with Crippen LogP contribution >= 0.6 is 0 Å². The van der Waals surface area contributed by atoms with Crippen LogP contribution in [0, 0.1) is 17.8 Å². The number of rotatable bonds is 0. The minimum atomic E-state index is 1.05. The van der Waals surface area contributed by atoms with Crippen LogP contribution in [0.5, 0.6) is 0 Å². The molecule has 0 heteroatoms. The monoisotopic (exact) mass is 152 g/mol. The fraction of sp³-hybridized carbons (Fsp3) is 1.00. The Hall–Kier alpha value is 0. The fourth-order valence-corrected chi connectivity index (χ4v) is 3.26. The van der Waals surface area contributed by atoms with E-state index in [1.54, 1.807) is 19.3 Å². The lowest BCUT2D eigenvalue weighted by Gasteiger charge is -2.39. The first-order chi connectivity index (χ1) is 5.38. The van der Waals surface area contributed by atoms with Gasteiger partial charge < -0.3 is 0 Å². The van der Waals surface area contributed by atoms with Crippen LogP contribution in [0.15, 0.2) is 0 Å². The number of fused-ring (bicyclic) bond motifs is 1. The van der Waals surface area contributed by atoms with Crippen molar-refractivity contribution in [2.45, 2.75) is 51.9 Å². The third-order valence-corrected chi connectivity index (χ3v) is 3.93. The zero-order valence-electron chi connectivity index (χ0n) is 7.68. The minimum absolute atomic E-state index is 1.05. The summed E-state index contributed by atoms with van der Waals surface area (Å²) in [5.41, 5.74) is 0. The summed E-state index contributed by atoms with van der Waals surface area (Å²) in [5.74, 6) is 3.30. The molecule has 0 aliphatic heterocycles. The second-order valence-electron chi connectivity index (χ2n) is 4.62. The summed E-state index contributed by atoms with van der Waals surface area (Å²) >= 11 is 0. The summed E-state index contributed by atoms with van der Waals surface area (Å²) in [6, 6.07) is 0. The number of hydrogen-bond donors (Lipinski definition) is 0. The van der Waals surface area contributed by atoms with Gasteiger partial charge in [0.2, 0.25) is 0 Å². The highest BCUT2D eigenvalue weighted by atomic mass is 14.4. The molecule has 0 nitrogen and oxygen atoms in total. The standard InChI is InChI=1S/C11H20/c1-9-5-4-7-10-6-2-3-8-11(9)10/h9-11H,2-8H2,1H3/t9-,10+,11-/m1/s1. The van der Waals surface area contributed by atoms with Crippen molar-refractivity contribution in [1.29, 1.82) is 0 Å². The van der Waals surface area contributed by atoms with Crippen LogP contribution in [0.25, 0.3) is 0 Å². The van der Waals surface area contributed by atoms with Gasteiger partial charge in [-0.15, -0.1) is 0 Å². The normalized spacial score (nSPS) is 45.0. The van der Waals surface area contributed by atoms with Gasteiger partial charge in [0, 0.05) is 0 Å². The smallest absolute Gasteiger partial charge is 0.0360 e. The Labute approximate surface area is 70.4 Å². The van der Waals surface area contributed by atoms with E-state index >= 15 is 0 Å². The Morgan fingerprint density at radius 1 is 0.818 bits per heavy atom. The first-order valence-corrected chi connectivity index (χ1v) is 5.38. The van der Waals surface area contributed by atoms with E-state index in [0.717, 1.165) is 17.8 Å². The molecule has 2 rings (SSSR count). The van der Waals surface area contributed by atoms with Crippen molar-refractivity contribution < 1.29 is 0 Å². The van der Waals surface area contributed by atoms with Crippen LogP contribution in [0.3, 0.4) is 0 Å². The van der Waals surface area contributed by atoms with Crippen LogP contribution in [-0.2, 0) is 0 Å². The zero-order chi connectivity index (χ0) is 7.68. The van der Waals surface area contributed by atoms with E-state index in [9.17, 15) is 0 Å². The molecule has 0 spiro atoms. The Balaban J connectivity index is 1.99. The van der Waals surface area contributed by atoms with Gasteiger partial charge in [0.25, 0.3) is 0 Å². The van der Waals surface area contributed by atoms with E-state index in [1.807, 2.05) is 0 Å². The zero-order valence-corrected chi connectivity index (χ0v) is 7.68. The van der Waals surface area contributed by atoms with Gasteiger partial charge in [-0.2, -0.15) is 0 Å². The Morgan fingerprint density at radius 2 is 1.55 bits per heavy atom. The maximum atomic E-state index is 2.47. The summed E-state index contributed by atoms with van der Waals surface area (Å²) < 4.78 is 0.